The maximum absolute atomic E-state index is 4.47. The fourth-order valence-corrected chi connectivity index (χ4v) is 11.4. The molecule has 0 spiro atoms. The Morgan fingerprint density at radius 3 is 0.324 bits per heavy atom. The molecule has 0 unspecified atom stereocenters. The van der Waals surface area contributed by atoms with Gasteiger partial charge in [-0.1, -0.05) is 444 Å². The largest absolute Gasteiger partial charge is 2.00 e. The fraction of sp³-hybridized carbons (Fsp3) is 0.364. The van der Waals surface area contributed by atoms with Crippen LogP contribution < -0.4 is 0 Å². The van der Waals surface area contributed by atoms with Crippen molar-refractivity contribution in [3.8, 4) is 0 Å². The Hall–Kier alpha value is -8.35. The van der Waals surface area contributed by atoms with Crippen molar-refractivity contribution in [3.63, 3.8) is 0 Å². The summed E-state index contributed by atoms with van der Waals surface area (Å²) in [5.74, 6) is 8.09. The first-order chi connectivity index (χ1) is 51.6. The predicted molar refractivity (Wildman–Crippen MR) is 445 cm³/mol. The monoisotopic (exact) mass is 1590 g/mol. The van der Waals surface area contributed by atoms with Crippen molar-refractivity contribution >= 4 is 92.2 Å². The smallest absolute Gasteiger partial charge is 0.469 e. The van der Waals surface area contributed by atoms with Crippen molar-refractivity contribution in [1.82, 2.24) is 0 Å². The van der Waals surface area contributed by atoms with Gasteiger partial charge in [-0.2, -0.15) is 0 Å². The zero-order valence-electron chi connectivity index (χ0n) is 62.5. The zero-order valence-corrected chi connectivity index (χ0v) is 67.6. The molecular formula is C88H104Cr4N16. The summed E-state index contributed by atoms with van der Waals surface area (Å²) in [6.07, 6.45) is 27.9. The normalized spacial score (nSPS) is 15.9. The molecule has 0 bridgehead atoms. The Bertz CT molecular complexity index is 3110. The van der Waals surface area contributed by atoms with Crippen LogP contribution in [0, 0.1) is 0 Å². The molecule has 8 aliphatic rings. The van der Waals surface area contributed by atoms with Crippen LogP contribution in [-0.4, -0.2) is 99.0 Å². The average molecular weight is 1590 g/mol. The third kappa shape index (κ3) is 39.7. The SMILES string of the molecule is [Cr+2].[Cr+2].[Cr+2].[Cr+2].c1ccc([N-]C2=NCCCC2)cc1.c1ccc([N-]C2=NCCCC2)cc1.c1ccc([N-]C2=NCCCC2)cc1.c1ccc([N-]C2=NCCCC2)cc1.c1ccc([N-]C2=NCCCC2)cc1.c1ccc([N-]C2=NCCCC2)cc1.c1ccc([N-]C2=NCCCC2)cc1.c1ccc([N-]C2=NCCCC2)cc1. The Morgan fingerprint density at radius 2 is 0.241 bits per heavy atom. The number of hydrogen-bond acceptors (Lipinski definition) is 8. The molecule has 0 atom stereocenters. The van der Waals surface area contributed by atoms with Crippen molar-refractivity contribution < 1.29 is 69.4 Å². The fourth-order valence-electron chi connectivity index (χ4n) is 11.4. The first-order valence-corrected chi connectivity index (χ1v) is 38.0. The van der Waals surface area contributed by atoms with E-state index in [-0.39, 0.29) is 69.4 Å². The van der Waals surface area contributed by atoms with Gasteiger partial charge in [-0.25, -0.2) is 0 Å². The molecule has 20 heteroatoms. The van der Waals surface area contributed by atoms with Crippen LogP contribution in [0.2, 0.25) is 0 Å². The molecule has 108 heavy (non-hydrogen) atoms. The maximum Gasteiger partial charge on any atom is 2.00 e. The number of para-hydroxylation sites is 8. The number of nitrogens with zero attached hydrogens (tertiary/aromatic N) is 16. The Labute approximate surface area is 687 Å². The van der Waals surface area contributed by atoms with Gasteiger partial charge in [0.05, 0.1) is 0 Å². The number of aliphatic imine (C=N–C) groups is 8. The topological polar surface area (TPSA) is 212 Å². The van der Waals surface area contributed by atoms with Gasteiger partial charge in [-0.3, -0.25) is 0 Å². The molecule has 16 nitrogen and oxygen atoms in total. The van der Waals surface area contributed by atoms with Crippen LogP contribution >= 0.6 is 0 Å². The van der Waals surface area contributed by atoms with Gasteiger partial charge >= 0.3 is 69.4 Å². The van der Waals surface area contributed by atoms with E-state index in [4.69, 9.17) is 0 Å². The van der Waals surface area contributed by atoms with Gasteiger partial charge in [-0.05, 0) is 96.9 Å². The third-order valence-corrected chi connectivity index (χ3v) is 16.9. The van der Waals surface area contributed by atoms with Gasteiger partial charge in [-0.15, -0.1) is 0 Å². The molecule has 8 aromatic rings. The van der Waals surface area contributed by atoms with E-state index in [1.807, 2.05) is 243 Å². The molecular weight excluding hydrogens is 1490 g/mol. The van der Waals surface area contributed by atoms with Crippen molar-refractivity contribution in [2.45, 2.75) is 154 Å². The molecule has 0 aromatic heterocycles. The van der Waals surface area contributed by atoms with E-state index in [1.54, 1.807) is 0 Å². The van der Waals surface area contributed by atoms with Crippen LogP contribution in [-0.2, 0) is 69.4 Å². The zero-order chi connectivity index (χ0) is 71.5. The summed E-state index contributed by atoms with van der Waals surface area (Å²) in [5, 5.41) is 35.7. The van der Waals surface area contributed by atoms with Gasteiger partial charge in [0.2, 0.25) is 0 Å². The number of benzene rings is 8. The van der Waals surface area contributed by atoms with E-state index in [1.165, 1.54) is 103 Å². The molecule has 0 amide bonds. The van der Waals surface area contributed by atoms with E-state index in [9.17, 15) is 0 Å². The molecule has 0 saturated carbocycles. The van der Waals surface area contributed by atoms with E-state index in [2.05, 4.69) is 82.5 Å². The molecule has 8 heterocycles. The van der Waals surface area contributed by atoms with Crippen LogP contribution in [0.4, 0.5) is 45.5 Å². The van der Waals surface area contributed by atoms with Crippen LogP contribution in [0.1, 0.15) is 154 Å². The summed E-state index contributed by atoms with van der Waals surface area (Å²) in [6, 6.07) is 80.2. The Kier molecular flexibility index (Phi) is 48.3. The second kappa shape index (κ2) is 57.7. The van der Waals surface area contributed by atoms with Crippen LogP contribution in [0.15, 0.2) is 283 Å². The predicted octanol–water partition coefficient (Wildman–Crippen LogP) is 26.2. The van der Waals surface area contributed by atoms with Gasteiger partial charge in [0.25, 0.3) is 0 Å². The minimum atomic E-state index is 0. The summed E-state index contributed by atoms with van der Waals surface area (Å²) < 4.78 is 0. The molecule has 8 aliphatic heterocycles. The van der Waals surface area contributed by atoms with E-state index in [0.29, 0.717) is 0 Å². The second-order valence-electron chi connectivity index (χ2n) is 25.6. The first kappa shape index (κ1) is 90.3. The summed E-state index contributed by atoms with van der Waals surface area (Å²) in [6.45, 7) is 7.60. The maximum atomic E-state index is 4.47. The van der Waals surface area contributed by atoms with Crippen LogP contribution in [0.5, 0.6) is 0 Å². The average Bonchev–Trinajstić information content (AvgIpc) is 0.999. The van der Waals surface area contributed by atoms with Crippen molar-refractivity contribution in [2.24, 2.45) is 39.9 Å². The summed E-state index contributed by atoms with van der Waals surface area (Å²) >= 11 is 0. The van der Waals surface area contributed by atoms with Gasteiger partial charge in [0.1, 0.15) is 0 Å². The molecule has 0 aliphatic carbocycles. The summed E-state index contributed by atoms with van der Waals surface area (Å²) in [4.78, 5) is 35.0. The Balaban J connectivity index is 0.000000220. The van der Waals surface area contributed by atoms with Crippen LogP contribution in [0.25, 0.3) is 42.5 Å². The third-order valence-electron chi connectivity index (χ3n) is 16.9. The molecule has 0 radical (unpaired) electrons. The standard InChI is InChI=1S/8C11H13N2.4Cr/c8*1-2-6-10(7-3-1)13-11-8-4-5-9-12-11;;;;/h8*1-3,6-7H,4-5,8-9H2;;;;/q8*-1;4*+2. The quantitative estimate of drug-likeness (QED) is 0.139. The molecule has 0 N–H and O–H groups in total. The van der Waals surface area contributed by atoms with Gasteiger partial charge in [0, 0.05) is 0 Å². The van der Waals surface area contributed by atoms with E-state index in [0.717, 1.165) is 196 Å². The van der Waals surface area contributed by atoms with Crippen molar-refractivity contribution in [1.29, 1.82) is 0 Å². The first-order valence-electron chi connectivity index (χ1n) is 38.0. The van der Waals surface area contributed by atoms with Gasteiger partial charge < -0.3 is 82.5 Å². The molecule has 8 aromatic carbocycles. The molecule has 16 rings (SSSR count). The second-order valence-corrected chi connectivity index (χ2v) is 25.6. The van der Waals surface area contributed by atoms with Gasteiger partial charge in [0.15, 0.2) is 0 Å². The summed E-state index contributed by atoms with van der Waals surface area (Å²) in [5.41, 5.74) is 8.13. The Morgan fingerprint density at radius 1 is 0.139 bits per heavy atom. The van der Waals surface area contributed by atoms with E-state index < -0.39 is 0 Å². The summed E-state index contributed by atoms with van der Waals surface area (Å²) in [7, 11) is 0. The van der Waals surface area contributed by atoms with Crippen LogP contribution in [0.3, 0.4) is 0 Å². The minimum absolute atomic E-state index is 0. The number of hydrogen-bond donors (Lipinski definition) is 0. The minimum Gasteiger partial charge on any atom is -0.469 e. The number of rotatable bonds is 8. The molecule has 0 fully saturated rings. The van der Waals surface area contributed by atoms with Crippen molar-refractivity contribution in [3.05, 3.63) is 285 Å². The van der Waals surface area contributed by atoms with Crippen molar-refractivity contribution in [2.75, 3.05) is 52.4 Å². The van der Waals surface area contributed by atoms with E-state index >= 15 is 0 Å². The molecule has 560 valence electrons. The molecule has 0 saturated heterocycles. The number of amidine groups is 8.